The molecule has 0 aliphatic heterocycles. The van der Waals surface area contributed by atoms with E-state index >= 15 is 0 Å². The third kappa shape index (κ3) is 3.29. The van der Waals surface area contributed by atoms with Crippen molar-refractivity contribution >= 4 is 34.3 Å². The summed E-state index contributed by atoms with van der Waals surface area (Å²) in [5.41, 5.74) is 1.18. The summed E-state index contributed by atoms with van der Waals surface area (Å²) < 4.78 is 1.39. The number of thioether (sulfide) groups is 1. The minimum absolute atomic E-state index is 0.172. The van der Waals surface area contributed by atoms with Gasteiger partial charge in [0, 0.05) is 5.56 Å². The van der Waals surface area contributed by atoms with Gasteiger partial charge in [-0.2, -0.15) is 0 Å². The molecule has 2 heterocycles. The second-order valence-electron chi connectivity index (χ2n) is 5.88. The molecule has 0 saturated heterocycles. The van der Waals surface area contributed by atoms with Crippen molar-refractivity contribution in [3.05, 3.63) is 69.7 Å². The molecule has 0 saturated carbocycles. The Labute approximate surface area is 163 Å². The fourth-order valence-corrected chi connectivity index (χ4v) is 3.74. The number of nitrogens with zero attached hydrogens (tertiary/aromatic N) is 4. The van der Waals surface area contributed by atoms with Crippen LogP contribution < -0.4 is 11.4 Å². The fraction of sp³-hybridized carbons (Fsp3) is 0.111. The zero-order valence-corrected chi connectivity index (χ0v) is 15.8. The normalized spacial score (nSPS) is 12.4. The molecule has 9 heteroatoms. The van der Waals surface area contributed by atoms with Gasteiger partial charge >= 0.3 is 0 Å². The highest BCUT2D eigenvalue weighted by atomic mass is 35.5. The molecule has 0 aliphatic rings. The first-order valence-electron chi connectivity index (χ1n) is 8.15. The lowest BCUT2D eigenvalue weighted by atomic mass is 10.2. The highest BCUT2D eigenvalue weighted by Crippen LogP contribution is 2.34. The zero-order chi connectivity index (χ0) is 19.0. The maximum atomic E-state index is 12.3. The van der Waals surface area contributed by atoms with Gasteiger partial charge in [0.1, 0.15) is 5.82 Å². The minimum Gasteiger partial charge on any atom is -0.335 e. The molecule has 3 N–H and O–H groups in total. The van der Waals surface area contributed by atoms with Gasteiger partial charge in [0.05, 0.1) is 21.2 Å². The van der Waals surface area contributed by atoms with E-state index in [1.165, 1.54) is 16.4 Å². The van der Waals surface area contributed by atoms with Crippen LogP contribution in [0.3, 0.4) is 0 Å². The third-order valence-electron chi connectivity index (χ3n) is 4.08. The summed E-state index contributed by atoms with van der Waals surface area (Å²) in [5.74, 6) is 7.19. The van der Waals surface area contributed by atoms with Crippen molar-refractivity contribution in [3.63, 3.8) is 0 Å². The number of aromatic amines is 1. The van der Waals surface area contributed by atoms with Crippen LogP contribution in [0.15, 0.2) is 58.5 Å². The van der Waals surface area contributed by atoms with Crippen LogP contribution in [0.1, 0.15) is 18.0 Å². The van der Waals surface area contributed by atoms with Crippen molar-refractivity contribution in [2.45, 2.75) is 17.3 Å². The molecule has 0 radical (unpaired) electrons. The topological polar surface area (TPSA) is 102 Å². The molecule has 2 aromatic heterocycles. The number of para-hydroxylation sites is 1. The standard InChI is InChI=1S/C18H15ClN6OS/c1-10(15-21-14-9-5-3-7-12(14)17(26)22-15)27-18-24-23-16(25(18)20)11-6-2-4-8-13(11)19/h2-10H,20H2,1H3,(H,21,22,26). The first-order valence-corrected chi connectivity index (χ1v) is 9.41. The Balaban J connectivity index is 1.65. The van der Waals surface area contributed by atoms with Gasteiger partial charge in [-0.05, 0) is 31.2 Å². The Morgan fingerprint density at radius 1 is 1.15 bits per heavy atom. The van der Waals surface area contributed by atoms with Crippen molar-refractivity contribution < 1.29 is 0 Å². The van der Waals surface area contributed by atoms with Crippen molar-refractivity contribution in [2.75, 3.05) is 5.84 Å². The number of aromatic nitrogens is 5. The summed E-state index contributed by atoms with van der Waals surface area (Å²) >= 11 is 7.57. The number of hydrogen-bond donors (Lipinski definition) is 2. The highest BCUT2D eigenvalue weighted by molar-refractivity contribution is 7.99. The van der Waals surface area contributed by atoms with Gasteiger partial charge in [0.25, 0.3) is 5.56 Å². The smallest absolute Gasteiger partial charge is 0.258 e. The van der Waals surface area contributed by atoms with Crippen molar-refractivity contribution in [1.29, 1.82) is 0 Å². The predicted octanol–water partition coefficient (Wildman–Crippen LogP) is 3.40. The lowest BCUT2D eigenvalue weighted by Crippen LogP contribution is -2.14. The average Bonchev–Trinajstić information content (AvgIpc) is 3.02. The maximum Gasteiger partial charge on any atom is 0.258 e. The van der Waals surface area contributed by atoms with Crippen molar-refractivity contribution in [1.82, 2.24) is 24.8 Å². The molecule has 7 nitrogen and oxygen atoms in total. The van der Waals surface area contributed by atoms with Gasteiger partial charge in [0.15, 0.2) is 5.82 Å². The molecule has 0 spiro atoms. The van der Waals surface area contributed by atoms with Crippen LogP contribution in [0.4, 0.5) is 0 Å². The Morgan fingerprint density at radius 3 is 2.70 bits per heavy atom. The molecule has 0 bridgehead atoms. The summed E-state index contributed by atoms with van der Waals surface area (Å²) in [4.78, 5) is 19.6. The van der Waals surface area contributed by atoms with E-state index in [1.54, 1.807) is 12.1 Å². The van der Waals surface area contributed by atoms with Gasteiger partial charge in [-0.3, -0.25) is 4.79 Å². The van der Waals surface area contributed by atoms with E-state index < -0.39 is 0 Å². The van der Waals surface area contributed by atoms with Crippen LogP contribution in [-0.4, -0.2) is 24.8 Å². The first-order chi connectivity index (χ1) is 13.0. The van der Waals surface area contributed by atoms with E-state index in [9.17, 15) is 4.79 Å². The Morgan fingerprint density at radius 2 is 1.89 bits per heavy atom. The van der Waals surface area contributed by atoms with Gasteiger partial charge in [-0.1, -0.05) is 47.6 Å². The average molecular weight is 399 g/mol. The number of nitrogens with one attached hydrogen (secondary N) is 1. The second kappa shape index (κ2) is 7.05. The molecule has 0 fully saturated rings. The van der Waals surface area contributed by atoms with E-state index in [-0.39, 0.29) is 10.8 Å². The summed E-state index contributed by atoms with van der Waals surface area (Å²) in [5, 5.41) is 9.71. The molecule has 1 atom stereocenters. The maximum absolute atomic E-state index is 12.3. The number of benzene rings is 2. The number of H-pyrrole nitrogens is 1. The zero-order valence-electron chi connectivity index (χ0n) is 14.3. The minimum atomic E-state index is -0.187. The van der Waals surface area contributed by atoms with E-state index in [1.807, 2.05) is 43.3 Å². The lowest BCUT2D eigenvalue weighted by molar-refractivity contribution is 0.835. The summed E-state index contributed by atoms with van der Waals surface area (Å²) in [6.07, 6.45) is 0. The predicted molar refractivity (Wildman–Crippen MR) is 107 cm³/mol. The number of hydrogen-bond acceptors (Lipinski definition) is 6. The highest BCUT2D eigenvalue weighted by Gasteiger charge is 2.19. The third-order valence-corrected chi connectivity index (χ3v) is 5.47. The van der Waals surface area contributed by atoms with Crippen LogP contribution in [0, 0.1) is 0 Å². The fourth-order valence-electron chi connectivity index (χ4n) is 2.69. The van der Waals surface area contributed by atoms with Crippen LogP contribution in [0.5, 0.6) is 0 Å². The molecule has 0 amide bonds. The van der Waals surface area contributed by atoms with Crippen LogP contribution in [-0.2, 0) is 0 Å². The van der Waals surface area contributed by atoms with Gasteiger partial charge in [-0.25, -0.2) is 9.66 Å². The monoisotopic (exact) mass is 398 g/mol. The number of nitrogen functional groups attached to an aromatic ring is 1. The number of halogens is 1. The quantitative estimate of drug-likeness (QED) is 0.403. The second-order valence-corrected chi connectivity index (χ2v) is 7.60. The Bertz CT molecular complexity index is 1190. The van der Waals surface area contributed by atoms with E-state index in [0.717, 1.165) is 0 Å². The molecule has 27 heavy (non-hydrogen) atoms. The molecular formula is C18H15ClN6OS. The lowest BCUT2D eigenvalue weighted by Gasteiger charge is -2.11. The Hall–Kier alpha value is -2.84. The summed E-state index contributed by atoms with van der Waals surface area (Å²) in [6, 6.07) is 14.5. The first kappa shape index (κ1) is 17.6. The van der Waals surface area contributed by atoms with E-state index in [0.29, 0.717) is 38.3 Å². The van der Waals surface area contributed by atoms with E-state index in [2.05, 4.69) is 20.2 Å². The number of nitrogens with two attached hydrogens (primary N) is 1. The Kier molecular flexibility index (Phi) is 4.59. The van der Waals surface area contributed by atoms with Crippen LogP contribution in [0.25, 0.3) is 22.3 Å². The van der Waals surface area contributed by atoms with Gasteiger partial charge < -0.3 is 10.8 Å². The largest absolute Gasteiger partial charge is 0.335 e. The number of fused-ring (bicyclic) bond motifs is 1. The molecule has 4 aromatic rings. The molecule has 1 unspecified atom stereocenters. The SMILES string of the molecule is CC(Sc1nnc(-c2ccccc2Cl)n1N)c1nc2ccccc2c(=O)[nH]1. The van der Waals surface area contributed by atoms with Crippen molar-refractivity contribution in [3.8, 4) is 11.4 Å². The molecule has 0 aliphatic carbocycles. The number of rotatable bonds is 4. The van der Waals surface area contributed by atoms with Crippen molar-refractivity contribution in [2.24, 2.45) is 0 Å². The molecular weight excluding hydrogens is 384 g/mol. The molecule has 4 rings (SSSR count). The van der Waals surface area contributed by atoms with E-state index in [4.69, 9.17) is 17.4 Å². The van der Waals surface area contributed by atoms with Crippen LogP contribution in [0.2, 0.25) is 5.02 Å². The molecule has 2 aromatic carbocycles. The van der Waals surface area contributed by atoms with Crippen LogP contribution >= 0.6 is 23.4 Å². The van der Waals surface area contributed by atoms with Gasteiger partial charge in [0.2, 0.25) is 5.16 Å². The summed E-state index contributed by atoms with van der Waals surface area (Å²) in [7, 11) is 0. The summed E-state index contributed by atoms with van der Waals surface area (Å²) in [6.45, 7) is 1.92. The molecule has 136 valence electrons. The van der Waals surface area contributed by atoms with Gasteiger partial charge in [-0.15, -0.1) is 10.2 Å².